The van der Waals surface area contributed by atoms with Crippen LogP contribution in [0.2, 0.25) is 10.0 Å². The lowest BCUT2D eigenvalue weighted by Crippen LogP contribution is -2.37. The minimum atomic E-state index is -0.955. The lowest BCUT2D eigenvalue weighted by atomic mass is 10.3. The lowest BCUT2D eigenvalue weighted by Gasteiger charge is -2.09. The Hall–Kier alpha value is -1.66. The molecule has 1 aromatic carbocycles. The second-order valence-corrected chi connectivity index (χ2v) is 4.95. The van der Waals surface area contributed by atoms with E-state index < -0.39 is 12.0 Å². The summed E-state index contributed by atoms with van der Waals surface area (Å²) in [6, 6.07) is 4.54. The van der Waals surface area contributed by atoms with Gasteiger partial charge in [-0.3, -0.25) is 4.79 Å². The molecular weight excluding hydrogens is 319 g/mol. The predicted molar refractivity (Wildman–Crippen MR) is 80.2 cm³/mol. The highest BCUT2D eigenvalue weighted by molar-refractivity contribution is 6.35. The van der Waals surface area contributed by atoms with Crippen molar-refractivity contribution in [1.29, 1.82) is 0 Å². The number of rotatable bonds is 8. The summed E-state index contributed by atoms with van der Waals surface area (Å²) in [5.41, 5.74) is 0. The van der Waals surface area contributed by atoms with Crippen molar-refractivity contribution in [3.8, 4) is 5.75 Å². The summed E-state index contributed by atoms with van der Waals surface area (Å²) in [7, 11) is 0. The zero-order chi connectivity index (χ0) is 15.7. The van der Waals surface area contributed by atoms with Crippen LogP contribution in [0.15, 0.2) is 18.2 Å². The maximum atomic E-state index is 11.3. The largest absolute Gasteiger partial charge is 0.492 e. The fraction of sp³-hybridized carbons (Fsp3) is 0.385. The first-order valence-corrected chi connectivity index (χ1v) is 7.06. The smallest absolute Gasteiger partial charge is 0.314 e. The fourth-order valence-corrected chi connectivity index (χ4v) is 1.86. The van der Waals surface area contributed by atoms with Crippen molar-refractivity contribution in [3.05, 3.63) is 28.2 Å². The van der Waals surface area contributed by atoms with Gasteiger partial charge in [0.2, 0.25) is 0 Å². The summed E-state index contributed by atoms with van der Waals surface area (Å²) in [6.07, 6.45) is 0.483. The molecular formula is C13H16Cl2N2O4. The summed E-state index contributed by atoms with van der Waals surface area (Å²) in [5.74, 6) is -0.421. The lowest BCUT2D eigenvalue weighted by molar-refractivity contribution is -0.136. The Balaban J connectivity index is 2.11. The Bertz CT molecular complexity index is 497. The van der Waals surface area contributed by atoms with Crippen LogP contribution in [0.3, 0.4) is 0 Å². The first-order chi connectivity index (χ1) is 9.99. The molecule has 0 spiro atoms. The molecule has 0 aliphatic rings. The number of hydrogen-bond acceptors (Lipinski definition) is 3. The third kappa shape index (κ3) is 7.63. The maximum Gasteiger partial charge on any atom is 0.314 e. The molecule has 0 heterocycles. The Morgan fingerprint density at radius 3 is 2.57 bits per heavy atom. The Morgan fingerprint density at radius 1 is 1.19 bits per heavy atom. The number of aliphatic carboxylic acids is 1. The summed E-state index contributed by atoms with van der Waals surface area (Å²) in [6.45, 7) is 0.888. The first-order valence-electron chi connectivity index (χ1n) is 6.30. The second kappa shape index (κ2) is 9.31. The third-order valence-electron chi connectivity index (χ3n) is 2.38. The minimum absolute atomic E-state index is 0.0953. The van der Waals surface area contributed by atoms with Gasteiger partial charge in [-0.15, -0.1) is 0 Å². The molecule has 6 nitrogen and oxygen atoms in total. The molecule has 0 aliphatic carbocycles. The molecule has 1 aromatic rings. The number of hydrogen-bond donors (Lipinski definition) is 3. The Kier molecular flexibility index (Phi) is 7.71. The molecule has 0 saturated carbocycles. The van der Waals surface area contributed by atoms with Gasteiger partial charge in [0.15, 0.2) is 0 Å². The SMILES string of the molecule is O=C(O)CCNC(=O)NCCCOc1ccc(Cl)cc1Cl. The monoisotopic (exact) mass is 334 g/mol. The summed E-state index contributed by atoms with van der Waals surface area (Å²) in [4.78, 5) is 21.5. The first kappa shape index (κ1) is 17.4. The number of urea groups is 1. The highest BCUT2D eigenvalue weighted by atomic mass is 35.5. The molecule has 0 aliphatic heterocycles. The Morgan fingerprint density at radius 2 is 1.90 bits per heavy atom. The van der Waals surface area contributed by atoms with Crippen LogP contribution >= 0.6 is 23.2 Å². The predicted octanol–water partition coefficient (Wildman–Crippen LogP) is 2.54. The van der Waals surface area contributed by atoms with Crippen molar-refractivity contribution in [3.63, 3.8) is 0 Å². The molecule has 21 heavy (non-hydrogen) atoms. The van der Waals surface area contributed by atoms with Crippen LogP contribution < -0.4 is 15.4 Å². The van der Waals surface area contributed by atoms with Gasteiger partial charge in [-0.05, 0) is 24.6 Å². The second-order valence-electron chi connectivity index (χ2n) is 4.10. The van der Waals surface area contributed by atoms with Gasteiger partial charge >= 0.3 is 12.0 Å². The number of carbonyl (C=O) groups is 2. The van der Waals surface area contributed by atoms with Crippen molar-refractivity contribution in [1.82, 2.24) is 10.6 Å². The number of halogens is 2. The van der Waals surface area contributed by atoms with Crippen molar-refractivity contribution in [2.24, 2.45) is 0 Å². The molecule has 0 unspecified atom stereocenters. The summed E-state index contributed by atoms with van der Waals surface area (Å²) < 4.78 is 5.45. The third-order valence-corrected chi connectivity index (χ3v) is 2.91. The molecule has 0 atom stereocenters. The van der Waals surface area contributed by atoms with Crippen LogP contribution in [-0.4, -0.2) is 36.8 Å². The number of ether oxygens (including phenoxy) is 1. The standard InChI is InChI=1S/C13H16Cl2N2O4/c14-9-2-3-11(10(15)8-9)21-7-1-5-16-13(20)17-6-4-12(18)19/h2-3,8H,1,4-7H2,(H,18,19)(H2,16,17,20). The van der Waals surface area contributed by atoms with Gasteiger partial charge in [0.05, 0.1) is 18.1 Å². The molecule has 116 valence electrons. The van der Waals surface area contributed by atoms with Gasteiger partial charge in [-0.1, -0.05) is 23.2 Å². The van der Waals surface area contributed by atoms with Crippen molar-refractivity contribution < 1.29 is 19.4 Å². The van der Waals surface area contributed by atoms with Crippen LogP contribution in [0.25, 0.3) is 0 Å². The highest BCUT2D eigenvalue weighted by Gasteiger charge is 2.03. The molecule has 2 amide bonds. The fourth-order valence-electron chi connectivity index (χ4n) is 1.39. The van der Waals surface area contributed by atoms with Gasteiger partial charge in [0, 0.05) is 18.1 Å². The minimum Gasteiger partial charge on any atom is -0.492 e. The normalized spacial score (nSPS) is 10.0. The topological polar surface area (TPSA) is 87.7 Å². The van der Waals surface area contributed by atoms with Gasteiger partial charge in [-0.2, -0.15) is 0 Å². The van der Waals surface area contributed by atoms with E-state index in [4.69, 9.17) is 33.0 Å². The zero-order valence-corrected chi connectivity index (χ0v) is 12.7. The average Bonchev–Trinajstić information content (AvgIpc) is 2.40. The number of carboxylic acids is 1. The van der Waals surface area contributed by atoms with E-state index in [0.29, 0.717) is 35.4 Å². The van der Waals surface area contributed by atoms with Crippen molar-refractivity contribution in [2.75, 3.05) is 19.7 Å². The number of benzene rings is 1. The maximum absolute atomic E-state index is 11.3. The van der Waals surface area contributed by atoms with Gasteiger partial charge in [0.1, 0.15) is 5.75 Å². The number of carboxylic acid groups (broad SMARTS) is 1. The summed E-state index contributed by atoms with van der Waals surface area (Å²) >= 11 is 11.7. The molecule has 0 radical (unpaired) electrons. The molecule has 0 saturated heterocycles. The van der Waals surface area contributed by atoms with Crippen LogP contribution in [0.1, 0.15) is 12.8 Å². The van der Waals surface area contributed by atoms with E-state index in [1.54, 1.807) is 18.2 Å². The molecule has 8 heteroatoms. The highest BCUT2D eigenvalue weighted by Crippen LogP contribution is 2.27. The van der Waals surface area contributed by atoms with Crippen LogP contribution in [-0.2, 0) is 4.79 Å². The van der Waals surface area contributed by atoms with Crippen LogP contribution in [0, 0.1) is 0 Å². The van der Waals surface area contributed by atoms with Gasteiger partial charge in [-0.25, -0.2) is 4.79 Å². The number of carbonyl (C=O) groups excluding carboxylic acids is 1. The van der Waals surface area contributed by atoms with E-state index in [9.17, 15) is 9.59 Å². The number of amides is 2. The van der Waals surface area contributed by atoms with E-state index in [1.807, 2.05) is 0 Å². The molecule has 3 N–H and O–H groups in total. The zero-order valence-electron chi connectivity index (χ0n) is 11.2. The van der Waals surface area contributed by atoms with E-state index in [0.717, 1.165) is 0 Å². The van der Waals surface area contributed by atoms with Crippen LogP contribution in [0.5, 0.6) is 5.75 Å². The van der Waals surface area contributed by atoms with E-state index in [-0.39, 0.29) is 13.0 Å². The van der Waals surface area contributed by atoms with Crippen molar-refractivity contribution >= 4 is 35.2 Å². The molecule has 1 rings (SSSR count). The molecule has 0 fully saturated rings. The van der Waals surface area contributed by atoms with Crippen molar-refractivity contribution in [2.45, 2.75) is 12.8 Å². The van der Waals surface area contributed by atoms with Crippen LogP contribution in [0.4, 0.5) is 4.79 Å². The average molecular weight is 335 g/mol. The quantitative estimate of drug-likeness (QED) is 0.637. The molecule has 0 aromatic heterocycles. The van der Waals surface area contributed by atoms with Gasteiger partial charge < -0.3 is 20.5 Å². The number of nitrogens with one attached hydrogen (secondary N) is 2. The molecule has 0 bridgehead atoms. The summed E-state index contributed by atoms with van der Waals surface area (Å²) in [5, 5.41) is 14.4. The van der Waals surface area contributed by atoms with E-state index >= 15 is 0 Å². The Labute approximate surface area is 132 Å². The van der Waals surface area contributed by atoms with E-state index in [1.165, 1.54) is 0 Å². The van der Waals surface area contributed by atoms with E-state index in [2.05, 4.69) is 10.6 Å². The van der Waals surface area contributed by atoms with Gasteiger partial charge in [0.25, 0.3) is 0 Å².